The third kappa shape index (κ3) is 4.25. The van der Waals surface area contributed by atoms with E-state index in [0.717, 1.165) is 16.3 Å². The molecule has 0 radical (unpaired) electrons. The molecule has 4 rings (SSSR count). The van der Waals surface area contributed by atoms with Gasteiger partial charge in [0, 0.05) is 42.3 Å². The highest BCUT2D eigenvalue weighted by molar-refractivity contribution is 7.09. The van der Waals surface area contributed by atoms with Crippen LogP contribution in [0.25, 0.3) is 11.3 Å². The number of benzene rings is 2. The number of hydrogen-bond acceptors (Lipinski definition) is 5. The summed E-state index contributed by atoms with van der Waals surface area (Å²) in [6.07, 6.45) is 1.13. The van der Waals surface area contributed by atoms with Crippen molar-refractivity contribution in [3.63, 3.8) is 0 Å². The van der Waals surface area contributed by atoms with Gasteiger partial charge in [-0.3, -0.25) is 19.3 Å². The molecule has 1 aromatic heterocycles. The minimum atomic E-state index is -0.203. The molecule has 6 nitrogen and oxygen atoms in total. The summed E-state index contributed by atoms with van der Waals surface area (Å²) < 4.78 is 0. The van der Waals surface area contributed by atoms with E-state index in [9.17, 15) is 14.4 Å². The van der Waals surface area contributed by atoms with Gasteiger partial charge in [0.1, 0.15) is 0 Å². The predicted molar refractivity (Wildman–Crippen MR) is 112 cm³/mol. The number of hydrogen-bond donors (Lipinski definition) is 1. The maximum Gasteiger partial charge on any atom is 0.251 e. The van der Waals surface area contributed by atoms with Crippen LogP contribution in [0.15, 0.2) is 60.0 Å². The number of carbonyl (C=O) groups is 3. The topological polar surface area (TPSA) is 79.4 Å². The molecular formula is C22H19N3O3S. The predicted octanol–water partition coefficient (Wildman–Crippen LogP) is 3.44. The van der Waals surface area contributed by atoms with Crippen molar-refractivity contribution < 1.29 is 14.4 Å². The highest BCUT2D eigenvalue weighted by Crippen LogP contribution is 2.23. The van der Waals surface area contributed by atoms with Crippen LogP contribution >= 0.6 is 11.3 Å². The van der Waals surface area contributed by atoms with Crippen LogP contribution < -0.4 is 10.2 Å². The van der Waals surface area contributed by atoms with E-state index in [4.69, 9.17) is 0 Å². The minimum Gasteiger partial charge on any atom is -0.352 e. The van der Waals surface area contributed by atoms with Gasteiger partial charge in [-0.25, -0.2) is 4.98 Å². The van der Waals surface area contributed by atoms with Crippen LogP contribution in [0.4, 0.5) is 5.69 Å². The molecule has 29 heavy (non-hydrogen) atoms. The largest absolute Gasteiger partial charge is 0.352 e. The van der Waals surface area contributed by atoms with Gasteiger partial charge in [0.15, 0.2) is 0 Å². The molecule has 0 spiro atoms. The lowest BCUT2D eigenvalue weighted by atomic mass is 10.2. The minimum absolute atomic E-state index is 0.199. The van der Waals surface area contributed by atoms with Crippen LogP contribution in [-0.4, -0.2) is 29.3 Å². The summed E-state index contributed by atoms with van der Waals surface area (Å²) in [6, 6.07) is 16.5. The molecule has 146 valence electrons. The molecule has 0 atom stereocenters. The van der Waals surface area contributed by atoms with E-state index >= 15 is 0 Å². The zero-order chi connectivity index (χ0) is 20.2. The summed E-state index contributed by atoms with van der Waals surface area (Å²) in [5.74, 6) is -0.605. The van der Waals surface area contributed by atoms with Crippen molar-refractivity contribution in [1.29, 1.82) is 0 Å². The third-order valence-corrected chi connectivity index (χ3v) is 5.59. The van der Waals surface area contributed by atoms with Crippen molar-refractivity contribution in [2.75, 3.05) is 11.4 Å². The van der Waals surface area contributed by atoms with E-state index < -0.39 is 0 Å². The van der Waals surface area contributed by atoms with Gasteiger partial charge >= 0.3 is 0 Å². The summed E-state index contributed by atoms with van der Waals surface area (Å²) in [5, 5.41) is 5.87. The molecule has 3 aromatic rings. The van der Waals surface area contributed by atoms with Gasteiger partial charge in [-0.1, -0.05) is 30.3 Å². The number of thiazole rings is 1. The summed E-state index contributed by atoms with van der Waals surface area (Å²) in [6.45, 7) is 0.478. The van der Waals surface area contributed by atoms with Crippen molar-refractivity contribution in [1.82, 2.24) is 10.3 Å². The first-order valence-electron chi connectivity index (χ1n) is 9.36. The average Bonchev–Trinajstić information content (AvgIpc) is 3.35. The lowest BCUT2D eigenvalue weighted by Gasteiger charge is -2.14. The molecule has 7 heteroatoms. The summed E-state index contributed by atoms with van der Waals surface area (Å²) >= 11 is 1.58. The molecule has 1 N–H and O–H groups in total. The number of nitrogens with zero attached hydrogens (tertiary/aromatic N) is 2. The molecule has 2 heterocycles. The Kier molecular flexibility index (Phi) is 5.48. The first kappa shape index (κ1) is 19.0. The monoisotopic (exact) mass is 405 g/mol. The van der Waals surface area contributed by atoms with Gasteiger partial charge in [-0.2, -0.15) is 0 Å². The summed E-state index contributed by atoms with van der Waals surface area (Å²) in [4.78, 5) is 41.7. The van der Waals surface area contributed by atoms with Crippen molar-refractivity contribution in [3.8, 4) is 11.3 Å². The average molecular weight is 405 g/mol. The Morgan fingerprint density at radius 1 is 1.00 bits per heavy atom. The van der Waals surface area contributed by atoms with E-state index in [1.54, 1.807) is 35.6 Å². The molecular weight excluding hydrogens is 386 g/mol. The molecule has 1 fully saturated rings. The second-order valence-electron chi connectivity index (χ2n) is 6.67. The summed E-state index contributed by atoms with van der Waals surface area (Å²) in [5.41, 5.74) is 3.01. The van der Waals surface area contributed by atoms with Crippen LogP contribution in [0.2, 0.25) is 0 Å². The van der Waals surface area contributed by atoms with Gasteiger partial charge < -0.3 is 5.32 Å². The van der Waals surface area contributed by atoms with Gasteiger partial charge in [-0.05, 0) is 24.3 Å². The van der Waals surface area contributed by atoms with Gasteiger partial charge in [0.25, 0.3) is 5.91 Å². The SMILES string of the molecule is O=C(NCCc1nc(-c2ccccc2)cs1)c1ccc(N2C(=O)CCC2=O)cc1. The molecule has 0 bridgehead atoms. The molecule has 0 saturated carbocycles. The van der Waals surface area contributed by atoms with Crippen LogP contribution in [0.5, 0.6) is 0 Å². The van der Waals surface area contributed by atoms with Gasteiger partial charge in [0.05, 0.1) is 16.4 Å². The number of rotatable bonds is 6. The van der Waals surface area contributed by atoms with Crippen LogP contribution in [-0.2, 0) is 16.0 Å². The normalized spacial score (nSPS) is 13.7. The van der Waals surface area contributed by atoms with E-state index in [1.807, 2.05) is 35.7 Å². The van der Waals surface area contributed by atoms with Crippen LogP contribution in [0.1, 0.15) is 28.2 Å². The second-order valence-corrected chi connectivity index (χ2v) is 7.61. The number of anilines is 1. The lowest BCUT2D eigenvalue weighted by molar-refractivity contribution is -0.121. The van der Waals surface area contributed by atoms with Crippen LogP contribution in [0, 0.1) is 0 Å². The zero-order valence-electron chi connectivity index (χ0n) is 15.6. The number of imide groups is 1. The molecule has 0 unspecified atom stereocenters. The zero-order valence-corrected chi connectivity index (χ0v) is 16.4. The lowest BCUT2D eigenvalue weighted by Crippen LogP contribution is -2.29. The van der Waals surface area contributed by atoms with Gasteiger partial charge in [-0.15, -0.1) is 11.3 Å². The number of amides is 3. The fourth-order valence-electron chi connectivity index (χ4n) is 3.18. The number of nitrogens with one attached hydrogen (secondary N) is 1. The first-order chi connectivity index (χ1) is 14.1. The fraction of sp³-hybridized carbons (Fsp3) is 0.182. The summed E-state index contributed by atoms with van der Waals surface area (Å²) in [7, 11) is 0. The standard InChI is InChI=1S/C22H19N3O3S/c26-20-10-11-21(27)25(20)17-8-6-16(7-9-17)22(28)23-13-12-19-24-18(14-29-19)15-4-2-1-3-5-15/h1-9,14H,10-13H2,(H,23,28). The third-order valence-electron chi connectivity index (χ3n) is 4.68. The second kappa shape index (κ2) is 8.36. The Labute approximate surface area is 172 Å². The molecule has 1 aliphatic heterocycles. The Hall–Kier alpha value is -3.32. The molecule has 1 aliphatic rings. The fourth-order valence-corrected chi connectivity index (χ4v) is 3.99. The maximum atomic E-state index is 12.3. The van der Waals surface area contributed by atoms with Crippen molar-refractivity contribution in [2.45, 2.75) is 19.3 Å². The molecule has 0 aliphatic carbocycles. The Morgan fingerprint density at radius 2 is 1.69 bits per heavy atom. The highest BCUT2D eigenvalue weighted by Gasteiger charge is 2.30. The molecule has 2 aromatic carbocycles. The van der Waals surface area contributed by atoms with E-state index in [-0.39, 0.29) is 30.6 Å². The van der Waals surface area contributed by atoms with E-state index in [2.05, 4.69) is 10.3 Å². The molecule has 1 saturated heterocycles. The highest BCUT2D eigenvalue weighted by atomic mass is 32.1. The van der Waals surface area contributed by atoms with Crippen molar-refractivity contribution in [3.05, 3.63) is 70.5 Å². The van der Waals surface area contributed by atoms with Gasteiger partial charge in [0.2, 0.25) is 11.8 Å². The van der Waals surface area contributed by atoms with Crippen LogP contribution in [0.3, 0.4) is 0 Å². The van der Waals surface area contributed by atoms with E-state index in [1.165, 1.54) is 4.90 Å². The van der Waals surface area contributed by atoms with Crippen molar-refractivity contribution in [2.24, 2.45) is 0 Å². The number of carbonyl (C=O) groups excluding carboxylic acids is 3. The first-order valence-corrected chi connectivity index (χ1v) is 10.2. The van der Waals surface area contributed by atoms with Crippen molar-refractivity contribution >= 4 is 34.7 Å². The quantitative estimate of drug-likeness (QED) is 0.637. The number of aromatic nitrogens is 1. The smallest absolute Gasteiger partial charge is 0.251 e. The van der Waals surface area contributed by atoms with E-state index in [0.29, 0.717) is 24.2 Å². The Balaban J connectivity index is 1.32. The Morgan fingerprint density at radius 3 is 2.38 bits per heavy atom. The maximum absolute atomic E-state index is 12.3. The molecule has 3 amide bonds. The Bertz CT molecular complexity index is 1030.